The highest BCUT2D eigenvalue weighted by atomic mass is 19.1. The lowest BCUT2D eigenvalue weighted by atomic mass is 10.0. The Morgan fingerprint density at radius 1 is 1.23 bits per heavy atom. The van der Waals surface area contributed by atoms with E-state index in [1.54, 1.807) is 35.1 Å². The van der Waals surface area contributed by atoms with Gasteiger partial charge in [0, 0.05) is 37.7 Å². The number of aromatic amines is 1. The lowest BCUT2D eigenvalue weighted by Gasteiger charge is -2.33. The van der Waals surface area contributed by atoms with Crippen molar-refractivity contribution in [3.63, 3.8) is 0 Å². The minimum absolute atomic E-state index is 0.0358. The third-order valence-electron chi connectivity index (χ3n) is 5.16. The predicted molar refractivity (Wildman–Crippen MR) is 107 cm³/mol. The molecule has 5 heterocycles. The van der Waals surface area contributed by atoms with Crippen molar-refractivity contribution in [2.24, 2.45) is 0 Å². The summed E-state index contributed by atoms with van der Waals surface area (Å²) in [5, 5.41) is 9.93. The van der Waals surface area contributed by atoms with Crippen LogP contribution in [0.3, 0.4) is 0 Å². The molecule has 30 heavy (non-hydrogen) atoms. The molecule has 4 aromatic heterocycles. The van der Waals surface area contributed by atoms with Crippen molar-refractivity contribution in [2.45, 2.75) is 18.9 Å². The summed E-state index contributed by atoms with van der Waals surface area (Å²) in [5.74, 6) is 0.696. The minimum atomic E-state index is -0.361. The second-order valence-electron chi connectivity index (χ2n) is 7.21. The van der Waals surface area contributed by atoms with Gasteiger partial charge in [0.05, 0.1) is 18.0 Å². The Labute approximate surface area is 171 Å². The molecule has 1 atom stereocenters. The Morgan fingerprint density at radius 2 is 2.17 bits per heavy atom. The number of piperidine rings is 1. The molecule has 0 unspecified atom stereocenters. The molecule has 0 bridgehead atoms. The number of nitrogens with zero attached hydrogens (tertiary/aromatic N) is 6. The van der Waals surface area contributed by atoms with Gasteiger partial charge in [-0.2, -0.15) is 5.10 Å². The lowest BCUT2D eigenvalue weighted by Crippen LogP contribution is -2.45. The predicted octanol–water partition coefficient (Wildman–Crippen LogP) is 2.37. The first-order valence-electron chi connectivity index (χ1n) is 9.68. The van der Waals surface area contributed by atoms with Gasteiger partial charge in [0.15, 0.2) is 5.82 Å². The summed E-state index contributed by atoms with van der Waals surface area (Å²) in [6, 6.07) is 4.82. The molecule has 1 aliphatic heterocycles. The Kier molecular flexibility index (Phi) is 4.58. The van der Waals surface area contributed by atoms with Crippen LogP contribution in [-0.2, 0) is 0 Å². The molecule has 0 saturated carbocycles. The molecule has 1 saturated heterocycles. The van der Waals surface area contributed by atoms with Gasteiger partial charge < -0.3 is 10.2 Å². The van der Waals surface area contributed by atoms with E-state index in [1.807, 2.05) is 4.90 Å². The molecule has 0 aromatic carbocycles. The molecule has 1 fully saturated rings. The number of likely N-dealkylation sites (tertiary alicyclic amines) is 1. The maximum Gasteiger partial charge on any atom is 0.257 e. The summed E-state index contributed by atoms with van der Waals surface area (Å²) in [6.07, 6.45) is 9.60. The number of halogens is 1. The summed E-state index contributed by atoms with van der Waals surface area (Å²) in [6.45, 7) is 1.29. The van der Waals surface area contributed by atoms with Crippen LogP contribution in [0.25, 0.3) is 17.2 Å². The van der Waals surface area contributed by atoms with Gasteiger partial charge in [0.1, 0.15) is 23.0 Å². The molecule has 2 N–H and O–H groups in total. The summed E-state index contributed by atoms with van der Waals surface area (Å²) in [4.78, 5) is 27.6. The van der Waals surface area contributed by atoms with Crippen molar-refractivity contribution in [3.05, 3.63) is 60.6 Å². The Morgan fingerprint density at radius 3 is 3.03 bits per heavy atom. The van der Waals surface area contributed by atoms with E-state index in [9.17, 15) is 9.18 Å². The molecule has 0 aliphatic carbocycles. The van der Waals surface area contributed by atoms with Crippen LogP contribution in [0.15, 0.2) is 49.2 Å². The highest BCUT2D eigenvalue weighted by Gasteiger charge is 2.25. The fourth-order valence-corrected chi connectivity index (χ4v) is 3.72. The fourth-order valence-electron chi connectivity index (χ4n) is 3.72. The molecular weight excluding hydrogens is 387 g/mol. The van der Waals surface area contributed by atoms with Crippen LogP contribution in [0.1, 0.15) is 23.2 Å². The van der Waals surface area contributed by atoms with Crippen molar-refractivity contribution in [1.82, 2.24) is 34.4 Å². The molecule has 1 aliphatic rings. The van der Waals surface area contributed by atoms with Gasteiger partial charge in [-0.15, -0.1) is 0 Å². The van der Waals surface area contributed by atoms with E-state index in [0.717, 1.165) is 12.8 Å². The number of anilines is 1. The molecule has 4 aromatic rings. The maximum atomic E-state index is 13.7. The van der Waals surface area contributed by atoms with Crippen molar-refractivity contribution in [1.29, 1.82) is 0 Å². The molecule has 10 heteroatoms. The second-order valence-corrected chi connectivity index (χ2v) is 7.21. The van der Waals surface area contributed by atoms with E-state index in [0.29, 0.717) is 41.6 Å². The average Bonchev–Trinajstić information content (AvgIpc) is 3.43. The molecule has 152 valence electrons. The molecule has 0 spiro atoms. The number of fused-ring (bicyclic) bond motifs is 1. The summed E-state index contributed by atoms with van der Waals surface area (Å²) >= 11 is 0. The minimum Gasteiger partial charge on any atom is -0.365 e. The molecule has 5 rings (SSSR count). The number of rotatable bonds is 4. The number of aromatic nitrogens is 6. The van der Waals surface area contributed by atoms with E-state index in [1.165, 1.54) is 18.5 Å². The van der Waals surface area contributed by atoms with Crippen molar-refractivity contribution < 1.29 is 9.18 Å². The smallest absolute Gasteiger partial charge is 0.257 e. The normalized spacial score (nSPS) is 16.7. The topological polar surface area (TPSA) is 104 Å². The molecular formula is C20H19FN8O. The Balaban J connectivity index is 1.34. The average molecular weight is 406 g/mol. The van der Waals surface area contributed by atoms with E-state index in [2.05, 4.69) is 30.5 Å². The number of H-pyrrole nitrogens is 1. The number of carbonyl (C=O) groups excluding carboxylic acids is 1. The zero-order chi connectivity index (χ0) is 20.5. The van der Waals surface area contributed by atoms with Crippen LogP contribution in [0.4, 0.5) is 10.2 Å². The first-order chi connectivity index (χ1) is 14.7. The number of amides is 1. The number of nitrogens with one attached hydrogen (secondary N) is 2. The van der Waals surface area contributed by atoms with E-state index in [-0.39, 0.29) is 17.8 Å². The van der Waals surface area contributed by atoms with Gasteiger partial charge >= 0.3 is 0 Å². The number of hydrogen-bond donors (Lipinski definition) is 2. The fraction of sp³-hybridized carbons (Fsp3) is 0.250. The zero-order valence-electron chi connectivity index (χ0n) is 16.0. The number of pyridine rings is 1. The molecule has 1 amide bonds. The molecule has 0 radical (unpaired) electrons. The third kappa shape index (κ3) is 3.47. The van der Waals surface area contributed by atoms with Gasteiger partial charge in [-0.25, -0.2) is 19.3 Å². The van der Waals surface area contributed by atoms with Crippen LogP contribution >= 0.6 is 0 Å². The van der Waals surface area contributed by atoms with Crippen LogP contribution in [-0.4, -0.2) is 59.5 Å². The van der Waals surface area contributed by atoms with E-state index >= 15 is 0 Å². The summed E-state index contributed by atoms with van der Waals surface area (Å²) in [5.41, 5.74) is 1.78. The molecule has 9 nitrogen and oxygen atoms in total. The standard InChI is InChI=1S/C20H19FN8O/c21-14-3-4-18-23-10-16(29(18)11-14)19-22-6-5-17(27-19)26-15-2-1-7-28(12-15)20(30)13-8-24-25-9-13/h3-6,8-11,15H,1-2,7,12H2,(H,24,25)(H,22,26,27)/t15-/m1/s1. The first kappa shape index (κ1) is 18.2. The van der Waals surface area contributed by atoms with Gasteiger partial charge in [0.25, 0.3) is 5.91 Å². The SMILES string of the molecule is O=C(c1cn[nH]c1)N1CCC[C@@H](Nc2ccnc(-c3cnc4ccc(F)cn34)n2)C1. The summed E-state index contributed by atoms with van der Waals surface area (Å²) in [7, 11) is 0. The van der Waals surface area contributed by atoms with Gasteiger partial charge in [-0.1, -0.05) is 0 Å². The van der Waals surface area contributed by atoms with E-state index < -0.39 is 0 Å². The van der Waals surface area contributed by atoms with Crippen LogP contribution < -0.4 is 5.32 Å². The maximum absolute atomic E-state index is 13.7. The third-order valence-corrected chi connectivity index (χ3v) is 5.16. The number of hydrogen-bond acceptors (Lipinski definition) is 6. The zero-order valence-corrected chi connectivity index (χ0v) is 16.0. The van der Waals surface area contributed by atoms with Crippen LogP contribution in [0, 0.1) is 5.82 Å². The van der Waals surface area contributed by atoms with Gasteiger partial charge in [-0.05, 0) is 31.0 Å². The van der Waals surface area contributed by atoms with Crippen LogP contribution in [0.2, 0.25) is 0 Å². The number of carbonyl (C=O) groups is 1. The first-order valence-corrected chi connectivity index (χ1v) is 9.68. The lowest BCUT2D eigenvalue weighted by molar-refractivity contribution is 0.0715. The second kappa shape index (κ2) is 7.54. The van der Waals surface area contributed by atoms with Gasteiger partial charge in [-0.3, -0.25) is 14.3 Å². The van der Waals surface area contributed by atoms with Crippen LogP contribution in [0.5, 0.6) is 0 Å². The van der Waals surface area contributed by atoms with E-state index in [4.69, 9.17) is 0 Å². The quantitative estimate of drug-likeness (QED) is 0.539. The Bertz CT molecular complexity index is 1190. The monoisotopic (exact) mass is 406 g/mol. The highest BCUT2D eigenvalue weighted by Crippen LogP contribution is 2.21. The van der Waals surface area contributed by atoms with Crippen molar-refractivity contribution >= 4 is 17.4 Å². The largest absolute Gasteiger partial charge is 0.365 e. The Hall–Kier alpha value is -3.82. The number of imidazole rings is 1. The van der Waals surface area contributed by atoms with Crippen molar-refractivity contribution in [3.8, 4) is 11.5 Å². The highest BCUT2D eigenvalue weighted by molar-refractivity contribution is 5.93. The van der Waals surface area contributed by atoms with Gasteiger partial charge in [0.2, 0.25) is 0 Å². The summed E-state index contributed by atoms with van der Waals surface area (Å²) < 4.78 is 15.3. The van der Waals surface area contributed by atoms with Crippen molar-refractivity contribution in [2.75, 3.05) is 18.4 Å².